The summed E-state index contributed by atoms with van der Waals surface area (Å²) in [6.45, 7) is 0.690. The maximum absolute atomic E-state index is 12.8. The van der Waals surface area contributed by atoms with Crippen LogP contribution in [-0.2, 0) is 6.54 Å². The van der Waals surface area contributed by atoms with Crippen molar-refractivity contribution in [3.05, 3.63) is 23.8 Å². The van der Waals surface area contributed by atoms with Gasteiger partial charge in [-0.2, -0.15) is 8.78 Å². The fourth-order valence-electron chi connectivity index (χ4n) is 3.22. The summed E-state index contributed by atoms with van der Waals surface area (Å²) in [5, 5.41) is 6.35. The smallest absolute Gasteiger partial charge is 0.387 e. The molecule has 6 nitrogen and oxygen atoms in total. The van der Waals surface area contributed by atoms with E-state index in [2.05, 4.69) is 20.4 Å². The highest BCUT2D eigenvalue weighted by Crippen LogP contribution is 2.26. The van der Waals surface area contributed by atoms with E-state index in [9.17, 15) is 17.6 Å². The van der Waals surface area contributed by atoms with Gasteiger partial charge in [0, 0.05) is 44.4 Å². The summed E-state index contributed by atoms with van der Waals surface area (Å²) in [7, 11) is 1.61. The van der Waals surface area contributed by atoms with Gasteiger partial charge < -0.3 is 20.1 Å². The summed E-state index contributed by atoms with van der Waals surface area (Å²) < 4.78 is 60.7. The van der Waals surface area contributed by atoms with Crippen LogP contribution in [-0.4, -0.2) is 63.2 Å². The van der Waals surface area contributed by atoms with Crippen molar-refractivity contribution >= 4 is 29.9 Å². The quantitative estimate of drug-likeness (QED) is 0.195. The highest BCUT2D eigenvalue weighted by Gasteiger charge is 2.22. The molecule has 0 radical (unpaired) electrons. The van der Waals surface area contributed by atoms with Crippen LogP contribution in [0.2, 0.25) is 0 Å². The van der Waals surface area contributed by atoms with E-state index in [0.29, 0.717) is 37.0 Å². The minimum atomic E-state index is -2.94. The third kappa shape index (κ3) is 10.1. The SMILES string of the molecule is CCCOc1ccc(CNC(=NC)NC2CCN(CC(F)F)CC2)c(OC(F)F)c1.I. The van der Waals surface area contributed by atoms with E-state index < -0.39 is 13.0 Å². The number of nitrogens with zero attached hydrogens (tertiary/aromatic N) is 2. The lowest BCUT2D eigenvalue weighted by molar-refractivity contribution is -0.0505. The number of rotatable bonds is 10. The number of guanidine groups is 1. The summed E-state index contributed by atoms with van der Waals surface area (Å²) in [5.74, 6) is 1.02. The van der Waals surface area contributed by atoms with Gasteiger partial charge in [0.15, 0.2) is 5.96 Å². The van der Waals surface area contributed by atoms with E-state index in [1.165, 1.54) is 6.07 Å². The number of aliphatic imine (C=N–C) groups is 1. The first-order valence-electron chi connectivity index (χ1n) is 10.1. The van der Waals surface area contributed by atoms with Crippen LogP contribution in [0.4, 0.5) is 17.6 Å². The predicted octanol–water partition coefficient (Wildman–Crippen LogP) is 4.09. The molecule has 0 unspecified atom stereocenters. The van der Waals surface area contributed by atoms with Crippen molar-refractivity contribution in [3.63, 3.8) is 0 Å². The van der Waals surface area contributed by atoms with E-state index in [-0.39, 0.29) is 48.9 Å². The molecule has 178 valence electrons. The summed E-state index contributed by atoms with van der Waals surface area (Å²) >= 11 is 0. The Bertz CT molecular complexity index is 675. The summed E-state index contributed by atoms with van der Waals surface area (Å²) in [5.41, 5.74) is 0.536. The van der Waals surface area contributed by atoms with Crippen molar-refractivity contribution in [2.75, 3.05) is 33.3 Å². The van der Waals surface area contributed by atoms with E-state index >= 15 is 0 Å². The molecule has 1 fully saturated rings. The van der Waals surface area contributed by atoms with Gasteiger partial charge in [-0.1, -0.05) is 6.92 Å². The first kappa shape index (κ1) is 27.5. The fraction of sp³-hybridized carbons (Fsp3) is 0.650. The average molecular weight is 562 g/mol. The minimum absolute atomic E-state index is 0. The molecule has 0 amide bonds. The van der Waals surface area contributed by atoms with Crippen molar-refractivity contribution in [3.8, 4) is 11.5 Å². The summed E-state index contributed by atoms with van der Waals surface area (Å²) in [6, 6.07) is 4.94. The number of benzene rings is 1. The number of piperidine rings is 1. The van der Waals surface area contributed by atoms with Crippen LogP contribution in [0.15, 0.2) is 23.2 Å². The fourth-order valence-corrected chi connectivity index (χ4v) is 3.22. The van der Waals surface area contributed by atoms with Crippen molar-refractivity contribution < 1.29 is 27.0 Å². The van der Waals surface area contributed by atoms with Gasteiger partial charge in [0.25, 0.3) is 6.43 Å². The van der Waals surface area contributed by atoms with Crippen LogP contribution < -0.4 is 20.1 Å². The number of likely N-dealkylation sites (tertiary alicyclic amines) is 1. The molecule has 0 aliphatic carbocycles. The average Bonchev–Trinajstić information content (AvgIpc) is 2.71. The van der Waals surface area contributed by atoms with Crippen LogP contribution >= 0.6 is 24.0 Å². The lowest BCUT2D eigenvalue weighted by Gasteiger charge is -2.32. The first-order valence-corrected chi connectivity index (χ1v) is 10.1. The molecule has 0 spiro atoms. The second-order valence-electron chi connectivity index (χ2n) is 7.03. The van der Waals surface area contributed by atoms with Gasteiger partial charge in [-0.3, -0.25) is 9.89 Å². The van der Waals surface area contributed by atoms with Crippen LogP contribution in [0.1, 0.15) is 31.7 Å². The molecule has 1 heterocycles. The molecule has 1 saturated heterocycles. The number of alkyl halides is 4. The Balaban J connectivity index is 0.00000480. The Labute approximate surface area is 197 Å². The van der Waals surface area contributed by atoms with Crippen molar-refractivity contribution in [1.82, 2.24) is 15.5 Å². The molecule has 2 rings (SSSR count). The molecular formula is C20H31F4IN4O2. The highest BCUT2D eigenvalue weighted by atomic mass is 127. The Morgan fingerprint density at radius 1 is 1.23 bits per heavy atom. The Morgan fingerprint density at radius 2 is 1.94 bits per heavy atom. The van der Waals surface area contributed by atoms with E-state index in [0.717, 1.165) is 19.3 Å². The normalized spacial score (nSPS) is 15.7. The van der Waals surface area contributed by atoms with Crippen molar-refractivity contribution in [1.29, 1.82) is 0 Å². The number of hydrogen-bond acceptors (Lipinski definition) is 4. The molecule has 1 aliphatic heterocycles. The van der Waals surface area contributed by atoms with Gasteiger partial charge >= 0.3 is 6.61 Å². The zero-order chi connectivity index (χ0) is 21.9. The third-order valence-corrected chi connectivity index (χ3v) is 4.72. The first-order chi connectivity index (χ1) is 14.4. The van der Waals surface area contributed by atoms with Gasteiger partial charge in [0.1, 0.15) is 11.5 Å². The number of nitrogens with one attached hydrogen (secondary N) is 2. The van der Waals surface area contributed by atoms with Crippen LogP contribution in [0.25, 0.3) is 0 Å². The standard InChI is InChI=1S/C20H30F4N4O2.HI/c1-3-10-29-16-5-4-14(17(11-16)30-19(23)24)12-26-20(25-2)27-15-6-8-28(9-7-15)13-18(21)22;/h4-5,11,15,18-19H,3,6-10,12-13H2,1-2H3,(H2,25,26,27);1H. The third-order valence-electron chi connectivity index (χ3n) is 4.72. The number of hydrogen-bond donors (Lipinski definition) is 2. The Kier molecular flexibility index (Phi) is 12.9. The van der Waals surface area contributed by atoms with Gasteiger partial charge in [-0.05, 0) is 31.4 Å². The predicted molar refractivity (Wildman–Crippen MR) is 123 cm³/mol. The van der Waals surface area contributed by atoms with Crippen LogP contribution in [0, 0.1) is 0 Å². The maximum Gasteiger partial charge on any atom is 0.387 e. The molecule has 31 heavy (non-hydrogen) atoms. The molecule has 0 atom stereocenters. The second-order valence-corrected chi connectivity index (χ2v) is 7.03. The zero-order valence-electron chi connectivity index (χ0n) is 17.8. The van der Waals surface area contributed by atoms with Gasteiger partial charge in [0.05, 0.1) is 13.2 Å². The minimum Gasteiger partial charge on any atom is -0.493 e. The van der Waals surface area contributed by atoms with Crippen molar-refractivity contribution in [2.45, 2.75) is 51.8 Å². The molecule has 1 aromatic carbocycles. The number of halogens is 5. The van der Waals surface area contributed by atoms with E-state index in [1.54, 1.807) is 24.1 Å². The molecule has 11 heteroatoms. The lowest BCUT2D eigenvalue weighted by Crippen LogP contribution is -2.49. The molecule has 2 N–H and O–H groups in total. The van der Waals surface area contributed by atoms with Gasteiger partial charge in [-0.25, -0.2) is 8.78 Å². The molecule has 1 aliphatic rings. The van der Waals surface area contributed by atoms with Crippen LogP contribution in [0.5, 0.6) is 11.5 Å². The summed E-state index contributed by atoms with van der Waals surface area (Å²) in [4.78, 5) is 5.91. The van der Waals surface area contributed by atoms with E-state index in [4.69, 9.17) is 4.74 Å². The monoisotopic (exact) mass is 562 g/mol. The molecular weight excluding hydrogens is 531 g/mol. The molecule has 0 aromatic heterocycles. The Hall–Kier alpha value is -1.50. The molecule has 1 aromatic rings. The highest BCUT2D eigenvalue weighted by molar-refractivity contribution is 14.0. The van der Waals surface area contributed by atoms with Crippen LogP contribution in [0.3, 0.4) is 0 Å². The molecule has 0 saturated carbocycles. The Morgan fingerprint density at radius 3 is 2.52 bits per heavy atom. The van der Waals surface area contributed by atoms with E-state index in [1.807, 2.05) is 6.92 Å². The van der Waals surface area contributed by atoms with Gasteiger partial charge in [0.2, 0.25) is 0 Å². The van der Waals surface area contributed by atoms with Crippen molar-refractivity contribution in [2.24, 2.45) is 4.99 Å². The maximum atomic E-state index is 12.8. The zero-order valence-corrected chi connectivity index (χ0v) is 20.1. The summed E-state index contributed by atoms with van der Waals surface area (Å²) in [6.07, 6.45) is -0.0858. The van der Waals surface area contributed by atoms with Gasteiger partial charge in [-0.15, -0.1) is 24.0 Å². The largest absolute Gasteiger partial charge is 0.493 e. The molecule has 0 bridgehead atoms. The topological polar surface area (TPSA) is 58.1 Å². The number of ether oxygens (including phenoxy) is 2. The lowest BCUT2D eigenvalue weighted by atomic mass is 10.1. The second kappa shape index (κ2) is 14.5.